The Bertz CT molecular complexity index is 996. The van der Waals surface area contributed by atoms with E-state index in [1.807, 2.05) is 30.3 Å². The van der Waals surface area contributed by atoms with Gasteiger partial charge in [0.25, 0.3) is 0 Å². The summed E-state index contributed by atoms with van der Waals surface area (Å²) in [6.07, 6.45) is 1.15. The molecule has 0 saturated carbocycles. The molecule has 0 saturated heterocycles. The van der Waals surface area contributed by atoms with Crippen LogP contribution < -0.4 is 24.8 Å². The van der Waals surface area contributed by atoms with Gasteiger partial charge < -0.3 is 24.8 Å². The molecule has 0 aliphatic heterocycles. The smallest absolute Gasteiger partial charge is 0.0771 e. The monoisotopic (exact) mass is 584 g/mol. The average Bonchev–Trinajstić information content (AvgIpc) is 3.41. The maximum atomic E-state index is 2.30. The molecule has 0 aromatic heterocycles. The van der Waals surface area contributed by atoms with E-state index in [9.17, 15) is 0 Å². The van der Waals surface area contributed by atoms with Gasteiger partial charge >= 0.3 is 70.0 Å². The second-order valence-electron chi connectivity index (χ2n) is 6.17. The molecule has 5 aromatic carbocycles. The fourth-order valence-corrected chi connectivity index (χ4v) is 3.80. The second kappa shape index (κ2) is 14.2. The van der Waals surface area contributed by atoms with Crippen LogP contribution in [0.4, 0.5) is 0 Å². The van der Waals surface area contributed by atoms with Crippen molar-refractivity contribution in [1.29, 1.82) is 0 Å². The third-order valence-electron chi connectivity index (χ3n) is 4.26. The van der Waals surface area contributed by atoms with E-state index in [4.69, 9.17) is 0 Å². The summed E-state index contributed by atoms with van der Waals surface area (Å²) in [6, 6.07) is 39.8. The minimum Gasteiger partial charge on any atom is -0.214 e. The molecule has 0 unspecified atom stereocenters. The molecule has 0 aliphatic rings. The van der Waals surface area contributed by atoms with Crippen LogP contribution in [0.2, 0.25) is 0 Å². The summed E-state index contributed by atoms with van der Waals surface area (Å²) in [6.45, 7) is 0. The summed E-state index contributed by atoms with van der Waals surface area (Å²) in [7, 11) is 0. The Labute approximate surface area is 200 Å². The van der Waals surface area contributed by atoms with Crippen LogP contribution in [0.3, 0.4) is 0 Å². The fourth-order valence-electron chi connectivity index (χ4n) is 2.96. The maximum absolute atomic E-state index is 2.30. The van der Waals surface area contributed by atoms with Crippen molar-refractivity contribution >= 4 is 25.3 Å². The van der Waals surface area contributed by atoms with Crippen molar-refractivity contribution in [2.24, 2.45) is 0 Å². The van der Waals surface area contributed by atoms with Crippen molar-refractivity contribution in [2.45, 2.75) is 6.42 Å². The van der Waals surface area contributed by atoms with Crippen LogP contribution in [-0.4, -0.2) is 3.76 Å². The zero-order chi connectivity index (χ0) is 18.7. The van der Waals surface area contributed by atoms with E-state index >= 15 is 0 Å². The van der Waals surface area contributed by atoms with Crippen LogP contribution in [-0.2, 0) is 30.3 Å². The molecule has 0 radical (unpaired) electrons. The van der Waals surface area contributed by atoms with Crippen molar-refractivity contribution in [3.05, 3.63) is 121 Å². The first kappa shape index (κ1) is 25.2. The molecule has 0 fully saturated rings. The van der Waals surface area contributed by atoms with E-state index in [1.54, 1.807) is 0 Å². The van der Waals surface area contributed by atoms with Crippen molar-refractivity contribution < 1.29 is 48.7 Å². The van der Waals surface area contributed by atoms with E-state index in [0.717, 1.165) is 6.42 Å². The molecule has 146 valence electrons. The molecule has 0 nitrogen and oxygen atoms in total. The van der Waals surface area contributed by atoms with E-state index in [0.29, 0.717) is 0 Å². The molecule has 0 bridgehead atoms. The SMILES string of the molecule is [Cl-].[Cl-].[Hf+2]=[CH]Cc1ccccc1.c1cc[cH-]c1.c1ccc2c(c1)[cH-]c1ccccc12. The molecule has 0 amide bonds. The summed E-state index contributed by atoms with van der Waals surface area (Å²) in [5, 5.41) is 5.39. The number of hydrogen-bond donors (Lipinski definition) is 0. The summed E-state index contributed by atoms with van der Waals surface area (Å²) < 4.78 is 2.30. The number of hydrogen-bond acceptors (Lipinski definition) is 0. The van der Waals surface area contributed by atoms with Crippen LogP contribution >= 0.6 is 0 Å². The molecular formula is C26H22Cl2Hf-2. The predicted octanol–water partition coefficient (Wildman–Crippen LogP) is 0.704. The number of rotatable bonds is 2. The molecule has 0 aliphatic carbocycles. The Morgan fingerprint density at radius 1 is 0.621 bits per heavy atom. The van der Waals surface area contributed by atoms with Crippen LogP contribution in [0.15, 0.2) is 115 Å². The molecule has 5 rings (SSSR count). The van der Waals surface area contributed by atoms with E-state index in [1.165, 1.54) is 51.0 Å². The standard InChI is InChI=1S/C13H9.C8H8.C5H5.2ClH.Hf/c1-3-7-12-10(5-1)9-11-6-2-4-8-13(11)12;1-2-8-6-4-3-5-7-8;1-2-4-5-3-1;;;/h1-9H;1,3-7H,2H2;1-5H;2*1H;/q-1;;-1;;;+2/p-2. The Morgan fingerprint density at radius 3 is 1.55 bits per heavy atom. The molecular weight excluding hydrogens is 562 g/mol. The molecule has 0 spiro atoms. The van der Waals surface area contributed by atoms with E-state index in [2.05, 4.69) is 88.7 Å². The summed E-state index contributed by atoms with van der Waals surface area (Å²) in [4.78, 5) is 0. The molecule has 0 heterocycles. The molecule has 0 atom stereocenters. The average molecular weight is 584 g/mol. The quantitative estimate of drug-likeness (QED) is 0.212. The Kier molecular flexibility index (Phi) is 12.4. The van der Waals surface area contributed by atoms with Gasteiger partial charge in [-0.25, -0.2) is 12.1 Å². The van der Waals surface area contributed by atoms with Crippen LogP contribution in [0.1, 0.15) is 5.56 Å². The van der Waals surface area contributed by atoms with Gasteiger partial charge in [-0.05, 0) is 0 Å². The molecule has 3 heteroatoms. The summed E-state index contributed by atoms with van der Waals surface area (Å²) in [5.74, 6) is 0. The number of halogens is 2. The van der Waals surface area contributed by atoms with Gasteiger partial charge in [0.1, 0.15) is 0 Å². The van der Waals surface area contributed by atoms with Gasteiger partial charge in [-0.15, -0.1) is 39.7 Å². The van der Waals surface area contributed by atoms with Crippen LogP contribution in [0.25, 0.3) is 21.5 Å². The normalized spacial score (nSPS) is 9.17. The van der Waals surface area contributed by atoms with Crippen LogP contribution in [0, 0.1) is 0 Å². The van der Waals surface area contributed by atoms with Gasteiger partial charge in [0, 0.05) is 0 Å². The molecule has 29 heavy (non-hydrogen) atoms. The zero-order valence-corrected chi connectivity index (χ0v) is 21.1. The molecule has 5 aromatic rings. The first-order valence-corrected chi connectivity index (χ1v) is 11.2. The fraction of sp³-hybridized carbons (Fsp3) is 0.0385. The summed E-state index contributed by atoms with van der Waals surface area (Å²) >= 11 is 1.20. The predicted molar refractivity (Wildman–Crippen MR) is 115 cm³/mol. The van der Waals surface area contributed by atoms with Gasteiger partial charge in [0.15, 0.2) is 0 Å². The minimum absolute atomic E-state index is 0. The van der Waals surface area contributed by atoms with Gasteiger partial charge in [-0.3, -0.25) is 0 Å². The Morgan fingerprint density at radius 2 is 1.10 bits per heavy atom. The van der Waals surface area contributed by atoms with Gasteiger partial charge in [-0.1, -0.05) is 36.4 Å². The van der Waals surface area contributed by atoms with Gasteiger partial charge in [0.05, 0.1) is 0 Å². The topological polar surface area (TPSA) is 0 Å². The van der Waals surface area contributed by atoms with Crippen molar-refractivity contribution in [3.8, 4) is 0 Å². The van der Waals surface area contributed by atoms with Crippen LogP contribution in [0.5, 0.6) is 0 Å². The zero-order valence-electron chi connectivity index (χ0n) is 16.0. The van der Waals surface area contributed by atoms with Crippen molar-refractivity contribution in [1.82, 2.24) is 0 Å². The first-order chi connectivity index (χ1) is 13.4. The summed E-state index contributed by atoms with van der Waals surface area (Å²) in [5.41, 5.74) is 1.42. The second-order valence-corrected chi connectivity index (χ2v) is 7.64. The maximum Gasteiger partial charge on any atom is -0.0771 e. The third kappa shape index (κ3) is 7.85. The largest absolute Gasteiger partial charge is 0.214 e. The number of benzene rings is 3. The Balaban J connectivity index is 0.000000231. The Hall–Kier alpha value is -1.80. The van der Waals surface area contributed by atoms with Gasteiger partial charge in [-0.2, -0.15) is 18.2 Å². The van der Waals surface area contributed by atoms with E-state index < -0.39 is 0 Å². The van der Waals surface area contributed by atoms with E-state index in [-0.39, 0.29) is 24.8 Å². The minimum atomic E-state index is 0. The third-order valence-corrected chi connectivity index (χ3v) is 4.99. The van der Waals surface area contributed by atoms with Gasteiger partial charge in [0.2, 0.25) is 0 Å². The van der Waals surface area contributed by atoms with Crippen molar-refractivity contribution in [3.63, 3.8) is 0 Å². The molecule has 0 N–H and O–H groups in total. The first-order valence-electron chi connectivity index (χ1n) is 9.11. The van der Waals surface area contributed by atoms with Crippen molar-refractivity contribution in [2.75, 3.05) is 0 Å². The number of fused-ring (bicyclic) bond motifs is 3.